The number of esters is 1. The Morgan fingerprint density at radius 3 is 2.76 bits per heavy atom. The average Bonchev–Trinajstić information content (AvgIpc) is 2.63. The molecule has 2 aromatic rings. The molecule has 7 nitrogen and oxygen atoms in total. The lowest BCUT2D eigenvalue weighted by Gasteiger charge is -2.32. The number of anilines is 4. The van der Waals surface area contributed by atoms with Crippen LogP contribution in [-0.4, -0.2) is 36.1 Å². The van der Waals surface area contributed by atoms with Gasteiger partial charge < -0.3 is 20.7 Å². The highest BCUT2D eigenvalue weighted by molar-refractivity contribution is 5.90. The first-order valence-electron chi connectivity index (χ1n) is 8.39. The number of carbonyl (C=O) groups excluding carboxylic acids is 1. The molecule has 1 aliphatic heterocycles. The van der Waals surface area contributed by atoms with Crippen molar-refractivity contribution >= 4 is 29.0 Å². The molecule has 3 rings (SSSR count). The van der Waals surface area contributed by atoms with Crippen LogP contribution in [0.5, 0.6) is 0 Å². The first-order valence-corrected chi connectivity index (χ1v) is 8.39. The van der Waals surface area contributed by atoms with E-state index in [9.17, 15) is 4.79 Å². The monoisotopic (exact) mass is 341 g/mol. The molecule has 0 bridgehead atoms. The summed E-state index contributed by atoms with van der Waals surface area (Å²) in [5, 5.41) is 3.19. The SMILES string of the molecule is COC(=O)c1ccc(Nc2ncnc(N3CCCC(C)C3)c2N)cc1. The van der Waals surface area contributed by atoms with Crippen molar-refractivity contribution in [2.24, 2.45) is 5.92 Å². The Kier molecular flexibility index (Phi) is 5.02. The van der Waals surface area contributed by atoms with Crippen molar-refractivity contribution in [3.05, 3.63) is 36.2 Å². The molecule has 3 N–H and O–H groups in total. The number of hydrogen-bond donors (Lipinski definition) is 2. The van der Waals surface area contributed by atoms with Crippen LogP contribution in [0.3, 0.4) is 0 Å². The summed E-state index contributed by atoms with van der Waals surface area (Å²) in [6.45, 7) is 4.15. The zero-order chi connectivity index (χ0) is 17.8. The Morgan fingerprint density at radius 2 is 2.08 bits per heavy atom. The molecule has 1 atom stereocenters. The summed E-state index contributed by atoms with van der Waals surface area (Å²) in [4.78, 5) is 22.3. The van der Waals surface area contributed by atoms with Gasteiger partial charge in [-0.05, 0) is 43.0 Å². The number of nitrogens with zero attached hydrogens (tertiary/aromatic N) is 3. The fourth-order valence-corrected chi connectivity index (χ4v) is 3.06. The zero-order valence-electron chi connectivity index (χ0n) is 14.5. The number of hydrogen-bond acceptors (Lipinski definition) is 7. The second-order valence-electron chi connectivity index (χ2n) is 6.35. The molecule has 132 valence electrons. The molecular weight excluding hydrogens is 318 g/mol. The predicted molar refractivity (Wildman–Crippen MR) is 98.1 cm³/mol. The average molecular weight is 341 g/mol. The van der Waals surface area contributed by atoms with E-state index in [-0.39, 0.29) is 5.97 Å². The number of methoxy groups -OCH3 is 1. The van der Waals surface area contributed by atoms with Crippen molar-refractivity contribution in [1.82, 2.24) is 9.97 Å². The van der Waals surface area contributed by atoms with E-state index in [0.29, 0.717) is 23.0 Å². The summed E-state index contributed by atoms with van der Waals surface area (Å²) in [5.41, 5.74) is 8.12. The smallest absolute Gasteiger partial charge is 0.337 e. The largest absolute Gasteiger partial charge is 0.465 e. The molecule has 0 saturated carbocycles. The Bertz CT molecular complexity index is 748. The van der Waals surface area contributed by atoms with Crippen LogP contribution in [0.4, 0.5) is 23.0 Å². The number of benzene rings is 1. The topological polar surface area (TPSA) is 93.4 Å². The number of ether oxygens (including phenoxy) is 1. The van der Waals surface area contributed by atoms with Crippen LogP contribution in [-0.2, 0) is 4.74 Å². The first kappa shape index (κ1) is 17.0. The summed E-state index contributed by atoms with van der Waals surface area (Å²) in [6, 6.07) is 6.96. The minimum atomic E-state index is -0.366. The van der Waals surface area contributed by atoms with Crippen LogP contribution in [0.2, 0.25) is 0 Å². The molecule has 2 heterocycles. The summed E-state index contributed by atoms with van der Waals surface area (Å²) >= 11 is 0. The summed E-state index contributed by atoms with van der Waals surface area (Å²) < 4.78 is 4.70. The lowest BCUT2D eigenvalue weighted by molar-refractivity contribution is 0.0601. The Balaban J connectivity index is 1.79. The van der Waals surface area contributed by atoms with Crippen molar-refractivity contribution in [3.63, 3.8) is 0 Å². The zero-order valence-corrected chi connectivity index (χ0v) is 14.5. The van der Waals surface area contributed by atoms with Crippen molar-refractivity contribution in [2.75, 3.05) is 36.1 Å². The third kappa shape index (κ3) is 3.81. The van der Waals surface area contributed by atoms with Crippen LogP contribution in [0.25, 0.3) is 0 Å². The van der Waals surface area contributed by atoms with Crippen LogP contribution in [0, 0.1) is 5.92 Å². The van der Waals surface area contributed by atoms with Gasteiger partial charge in [-0.2, -0.15) is 0 Å². The van der Waals surface area contributed by atoms with Gasteiger partial charge in [-0.15, -0.1) is 0 Å². The maximum atomic E-state index is 11.5. The van der Waals surface area contributed by atoms with E-state index < -0.39 is 0 Å². The van der Waals surface area contributed by atoms with Gasteiger partial charge >= 0.3 is 5.97 Å². The highest BCUT2D eigenvalue weighted by atomic mass is 16.5. The number of rotatable bonds is 4. The third-order valence-corrected chi connectivity index (χ3v) is 4.39. The van der Waals surface area contributed by atoms with Gasteiger partial charge in [0.15, 0.2) is 11.6 Å². The Hall–Kier alpha value is -2.83. The first-order chi connectivity index (χ1) is 12.1. The molecule has 0 amide bonds. The van der Waals surface area contributed by atoms with Crippen molar-refractivity contribution in [1.29, 1.82) is 0 Å². The van der Waals surface area contributed by atoms with Crippen molar-refractivity contribution in [3.8, 4) is 0 Å². The van der Waals surface area contributed by atoms with Crippen molar-refractivity contribution < 1.29 is 9.53 Å². The van der Waals surface area contributed by atoms with Gasteiger partial charge in [0.2, 0.25) is 0 Å². The van der Waals surface area contributed by atoms with E-state index in [2.05, 4.69) is 27.1 Å². The van der Waals surface area contributed by atoms with Gasteiger partial charge in [-0.25, -0.2) is 14.8 Å². The summed E-state index contributed by atoms with van der Waals surface area (Å²) in [6.07, 6.45) is 3.90. The quantitative estimate of drug-likeness (QED) is 0.826. The van der Waals surface area contributed by atoms with Crippen LogP contribution >= 0.6 is 0 Å². The second kappa shape index (κ2) is 7.38. The van der Waals surface area contributed by atoms with Gasteiger partial charge in [0, 0.05) is 18.8 Å². The maximum Gasteiger partial charge on any atom is 0.337 e. The molecule has 0 radical (unpaired) electrons. The van der Waals surface area contributed by atoms with E-state index in [1.807, 2.05) is 0 Å². The van der Waals surface area contributed by atoms with E-state index in [1.165, 1.54) is 19.9 Å². The molecule has 7 heteroatoms. The highest BCUT2D eigenvalue weighted by Crippen LogP contribution is 2.31. The molecule has 1 fully saturated rings. The normalized spacial score (nSPS) is 17.2. The van der Waals surface area contributed by atoms with Gasteiger partial charge in [-0.1, -0.05) is 6.92 Å². The fourth-order valence-electron chi connectivity index (χ4n) is 3.06. The van der Waals surface area contributed by atoms with Crippen molar-refractivity contribution in [2.45, 2.75) is 19.8 Å². The molecule has 0 spiro atoms. The minimum absolute atomic E-state index is 0.366. The second-order valence-corrected chi connectivity index (χ2v) is 6.35. The van der Waals surface area contributed by atoms with Gasteiger partial charge in [-0.3, -0.25) is 0 Å². The van der Waals surface area contributed by atoms with E-state index in [0.717, 1.165) is 31.0 Å². The standard InChI is InChI=1S/C18H23N5O2/c1-12-4-3-9-23(10-12)17-15(19)16(20-11-21-17)22-14-7-5-13(6-8-14)18(24)25-2/h5-8,11-12H,3-4,9-10,19H2,1-2H3,(H,20,21,22). The molecule has 1 unspecified atom stereocenters. The molecule has 1 aliphatic rings. The summed E-state index contributed by atoms with van der Waals surface area (Å²) in [7, 11) is 1.36. The maximum absolute atomic E-state index is 11.5. The number of nitrogens with two attached hydrogens (primary N) is 1. The van der Waals surface area contributed by atoms with Gasteiger partial charge in [0.25, 0.3) is 0 Å². The van der Waals surface area contributed by atoms with E-state index in [4.69, 9.17) is 10.5 Å². The fraction of sp³-hybridized carbons (Fsp3) is 0.389. The van der Waals surface area contributed by atoms with Crippen LogP contribution < -0.4 is 16.0 Å². The van der Waals surface area contributed by atoms with E-state index in [1.54, 1.807) is 24.3 Å². The Labute approximate surface area is 147 Å². The molecule has 1 saturated heterocycles. The third-order valence-electron chi connectivity index (χ3n) is 4.39. The number of nitrogen functional groups attached to an aromatic ring is 1. The molecule has 25 heavy (non-hydrogen) atoms. The molecule has 1 aromatic heterocycles. The number of piperidine rings is 1. The molecule has 1 aromatic carbocycles. The summed E-state index contributed by atoms with van der Waals surface area (Å²) in [5.74, 6) is 1.60. The number of aromatic nitrogens is 2. The van der Waals surface area contributed by atoms with Crippen LogP contribution in [0.15, 0.2) is 30.6 Å². The number of nitrogens with one attached hydrogen (secondary N) is 1. The van der Waals surface area contributed by atoms with Gasteiger partial charge in [0.1, 0.15) is 12.0 Å². The Morgan fingerprint density at radius 1 is 1.32 bits per heavy atom. The predicted octanol–water partition coefficient (Wildman–Crippen LogP) is 2.83. The molecule has 0 aliphatic carbocycles. The van der Waals surface area contributed by atoms with Gasteiger partial charge in [0.05, 0.1) is 12.7 Å². The van der Waals surface area contributed by atoms with Crippen LogP contribution in [0.1, 0.15) is 30.1 Å². The van der Waals surface area contributed by atoms with E-state index >= 15 is 0 Å². The lowest BCUT2D eigenvalue weighted by Crippen LogP contribution is -2.35. The molecular formula is C18H23N5O2. The highest BCUT2D eigenvalue weighted by Gasteiger charge is 2.21. The number of carbonyl (C=O) groups is 1. The minimum Gasteiger partial charge on any atom is -0.465 e. The lowest BCUT2D eigenvalue weighted by atomic mass is 10.0.